The number of thiophene rings is 1. The standard InChI is InChI=1S/C16H11FO2S/c1-19-13-5-3-2-4-12(13)16(18)15-8-10-6-7-11(17)9-14(10)20-15/h2-9H,1H3. The van der Waals surface area contributed by atoms with Crippen LogP contribution in [0, 0.1) is 5.82 Å². The third-order valence-electron chi connectivity index (χ3n) is 3.06. The van der Waals surface area contributed by atoms with Crippen LogP contribution < -0.4 is 4.74 Å². The van der Waals surface area contributed by atoms with Crippen LogP contribution >= 0.6 is 11.3 Å². The second-order valence-corrected chi connectivity index (χ2v) is 5.41. The first-order valence-corrected chi connectivity index (χ1v) is 6.87. The molecule has 0 unspecified atom stereocenters. The minimum atomic E-state index is -0.296. The maximum absolute atomic E-state index is 13.2. The van der Waals surface area contributed by atoms with Crippen molar-refractivity contribution in [2.45, 2.75) is 0 Å². The Labute approximate surface area is 119 Å². The highest BCUT2D eigenvalue weighted by Gasteiger charge is 2.16. The molecule has 0 amide bonds. The summed E-state index contributed by atoms with van der Waals surface area (Å²) < 4.78 is 19.2. The molecule has 2 nitrogen and oxygen atoms in total. The van der Waals surface area contributed by atoms with Gasteiger partial charge >= 0.3 is 0 Å². The molecule has 0 saturated heterocycles. The van der Waals surface area contributed by atoms with E-state index in [1.165, 1.54) is 30.6 Å². The van der Waals surface area contributed by atoms with Crippen molar-refractivity contribution >= 4 is 27.2 Å². The molecule has 1 heterocycles. The molecule has 3 rings (SSSR count). The number of benzene rings is 2. The van der Waals surface area contributed by atoms with Gasteiger partial charge in [-0.15, -0.1) is 11.3 Å². The highest BCUT2D eigenvalue weighted by Crippen LogP contribution is 2.30. The lowest BCUT2D eigenvalue weighted by Gasteiger charge is -2.05. The highest BCUT2D eigenvalue weighted by molar-refractivity contribution is 7.21. The monoisotopic (exact) mass is 286 g/mol. The van der Waals surface area contributed by atoms with E-state index >= 15 is 0 Å². The Balaban J connectivity index is 2.08. The van der Waals surface area contributed by atoms with E-state index in [1.807, 2.05) is 6.07 Å². The fraction of sp³-hybridized carbons (Fsp3) is 0.0625. The van der Waals surface area contributed by atoms with Crippen molar-refractivity contribution < 1.29 is 13.9 Å². The number of ketones is 1. The predicted molar refractivity (Wildman–Crippen MR) is 78.2 cm³/mol. The summed E-state index contributed by atoms with van der Waals surface area (Å²) in [5, 5.41) is 0.870. The fourth-order valence-electron chi connectivity index (χ4n) is 2.08. The van der Waals surface area contributed by atoms with Crippen LogP contribution in [0.15, 0.2) is 48.5 Å². The zero-order chi connectivity index (χ0) is 14.1. The second-order valence-electron chi connectivity index (χ2n) is 4.32. The normalized spacial score (nSPS) is 10.7. The first-order valence-electron chi connectivity index (χ1n) is 6.06. The van der Waals surface area contributed by atoms with Crippen LogP contribution in [-0.2, 0) is 0 Å². The topological polar surface area (TPSA) is 26.3 Å². The van der Waals surface area contributed by atoms with Gasteiger partial charge in [-0.05, 0) is 35.7 Å². The molecule has 0 spiro atoms. The number of rotatable bonds is 3. The minimum Gasteiger partial charge on any atom is -0.496 e. The molecule has 2 aromatic carbocycles. The maximum atomic E-state index is 13.2. The minimum absolute atomic E-state index is 0.107. The van der Waals surface area contributed by atoms with Crippen molar-refractivity contribution in [3.63, 3.8) is 0 Å². The van der Waals surface area contributed by atoms with Crippen LogP contribution in [0.4, 0.5) is 4.39 Å². The van der Waals surface area contributed by atoms with Gasteiger partial charge in [0.25, 0.3) is 0 Å². The number of para-hydroxylation sites is 1. The summed E-state index contributed by atoms with van der Waals surface area (Å²) in [5.41, 5.74) is 0.516. The van der Waals surface area contributed by atoms with Gasteiger partial charge in [0.05, 0.1) is 17.6 Å². The largest absolute Gasteiger partial charge is 0.496 e. The quantitative estimate of drug-likeness (QED) is 0.672. The van der Waals surface area contributed by atoms with Crippen molar-refractivity contribution in [3.8, 4) is 5.75 Å². The molecule has 0 saturated carbocycles. The zero-order valence-electron chi connectivity index (χ0n) is 10.7. The SMILES string of the molecule is COc1ccccc1C(=O)c1cc2ccc(F)cc2s1. The van der Waals surface area contributed by atoms with E-state index in [-0.39, 0.29) is 11.6 Å². The molecule has 20 heavy (non-hydrogen) atoms. The van der Waals surface area contributed by atoms with Crippen molar-refractivity contribution in [1.82, 2.24) is 0 Å². The maximum Gasteiger partial charge on any atom is 0.206 e. The van der Waals surface area contributed by atoms with Gasteiger partial charge in [0.2, 0.25) is 5.78 Å². The van der Waals surface area contributed by atoms with Gasteiger partial charge in [-0.25, -0.2) is 4.39 Å². The summed E-state index contributed by atoms with van der Waals surface area (Å²) >= 11 is 1.29. The lowest BCUT2D eigenvalue weighted by Crippen LogP contribution is -2.01. The Bertz CT molecular complexity index is 792. The Morgan fingerprint density at radius 1 is 1.15 bits per heavy atom. The molecule has 0 aliphatic rings. The van der Waals surface area contributed by atoms with Gasteiger partial charge in [-0.2, -0.15) is 0 Å². The molecule has 0 radical (unpaired) electrons. The highest BCUT2D eigenvalue weighted by atomic mass is 32.1. The first kappa shape index (κ1) is 12.8. The number of halogens is 1. The summed E-state index contributed by atoms with van der Waals surface area (Å²) in [6.07, 6.45) is 0. The number of methoxy groups -OCH3 is 1. The molecular weight excluding hydrogens is 275 g/mol. The van der Waals surface area contributed by atoms with E-state index in [4.69, 9.17) is 4.74 Å². The Morgan fingerprint density at radius 2 is 1.95 bits per heavy atom. The van der Waals surface area contributed by atoms with Crippen LogP contribution in [0.5, 0.6) is 5.75 Å². The van der Waals surface area contributed by atoms with Gasteiger partial charge in [0.15, 0.2) is 0 Å². The number of hydrogen-bond acceptors (Lipinski definition) is 3. The van der Waals surface area contributed by atoms with Crippen LogP contribution in [0.25, 0.3) is 10.1 Å². The molecular formula is C16H11FO2S. The van der Waals surface area contributed by atoms with E-state index in [2.05, 4.69) is 0 Å². The molecule has 4 heteroatoms. The van der Waals surface area contributed by atoms with E-state index in [9.17, 15) is 9.18 Å². The van der Waals surface area contributed by atoms with Crippen LogP contribution in [0.2, 0.25) is 0 Å². The molecule has 100 valence electrons. The van der Waals surface area contributed by atoms with Crippen LogP contribution in [0.3, 0.4) is 0 Å². The smallest absolute Gasteiger partial charge is 0.206 e. The number of hydrogen-bond donors (Lipinski definition) is 0. The van der Waals surface area contributed by atoms with Gasteiger partial charge in [-0.3, -0.25) is 4.79 Å². The summed E-state index contributed by atoms with van der Waals surface area (Å²) in [5.74, 6) is 0.140. The Morgan fingerprint density at radius 3 is 2.75 bits per heavy atom. The summed E-state index contributed by atoms with van der Waals surface area (Å²) in [6.45, 7) is 0. The average Bonchev–Trinajstić information content (AvgIpc) is 2.89. The van der Waals surface area contributed by atoms with Gasteiger partial charge in [0, 0.05) is 4.70 Å². The van der Waals surface area contributed by atoms with Crippen LogP contribution in [-0.4, -0.2) is 12.9 Å². The van der Waals surface area contributed by atoms with E-state index in [1.54, 1.807) is 30.3 Å². The third kappa shape index (κ3) is 2.18. The molecule has 0 bridgehead atoms. The average molecular weight is 286 g/mol. The molecule has 0 fully saturated rings. The Hall–Kier alpha value is -2.20. The molecule has 0 atom stereocenters. The van der Waals surface area contributed by atoms with Gasteiger partial charge < -0.3 is 4.74 Å². The van der Waals surface area contributed by atoms with Crippen molar-refractivity contribution in [2.24, 2.45) is 0 Å². The Kier molecular flexibility index (Phi) is 3.24. The van der Waals surface area contributed by atoms with Crippen molar-refractivity contribution in [1.29, 1.82) is 0 Å². The van der Waals surface area contributed by atoms with Crippen LogP contribution in [0.1, 0.15) is 15.2 Å². The molecule has 0 aliphatic heterocycles. The van der Waals surface area contributed by atoms with Crippen molar-refractivity contribution in [3.05, 3.63) is 64.8 Å². The number of carbonyl (C=O) groups excluding carboxylic acids is 1. The zero-order valence-corrected chi connectivity index (χ0v) is 11.5. The molecule has 0 aliphatic carbocycles. The van der Waals surface area contributed by atoms with E-state index in [0.717, 1.165) is 10.1 Å². The summed E-state index contributed by atoms with van der Waals surface area (Å²) in [4.78, 5) is 13.1. The predicted octanol–water partition coefficient (Wildman–Crippen LogP) is 4.28. The lowest BCUT2D eigenvalue weighted by atomic mass is 10.1. The lowest BCUT2D eigenvalue weighted by molar-refractivity contribution is 0.103. The van der Waals surface area contributed by atoms with E-state index < -0.39 is 0 Å². The van der Waals surface area contributed by atoms with Crippen molar-refractivity contribution in [2.75, 3.05) is 7.11 Å². The third-order valence-corrected chi connectivity index (χ3v) is 4.15. The number of fused-ring (bicyclic) bond motifs is 1. The van der Waals surface area contributed by atoms with Gasteiger partial charge in [0.1, 0.15) is 11.6 Å². The molecule has 1 aromatic heterocycles. The number of ether oxygens (including phenoxy) is 1. The fourth-order valence-corrected chi connectivity index (χ4v) is 3.12. The summed E-state index contributed by atoms with van der Waals surface area (Å²) in [6, 6.07) is 13.4. The second kappa shape index (κ2) is 5.06. The molecule has 0 N–H and O–H groups in total. The first-order chi connectivity index (χ1) is 9.69. The summed E-state index contributed by atoms with van der Waals surface area (Å²) in [7, 11) is 1.53. The molecule has 3 aromatic rings. The van der Waals surface area contributed by atoms with E-state index in [0.29, 0.717) is 16.2 Å². The number of carbonyl (C=O) groups is 1. The van der Waals surface area contributed by atoms with Gasteiger partial charge in [-0.1, -0.05) is 18.2 Å².